The first-order valence-corrected chi connectivity index (χ1v) is 5.72. The average Bonchev–Trinajstić information content (AvgIpc) is 2.86. The highest BCUT2D eigenvalue weighted by molar-refractivity contribution is 7.09. The van der Waals surface area contributed by atoms with Gasteiger partial charge in [0.2, 0.25) is 0 Å². The van der Waals surface area contributed by atoms with Gasteiger partial charge < -0.3 is 10.4 Å². The van der Waals surface area contributed by atoms with Gasteiger partial charge in [0.1, 0.15) is 5.82 Å². The Labute approximate surface area is 99.0 Å². The van der Waals surface area contributed by atoms with Gasteiger partial charge in [0.15, 0.2) is 0 Å². The molecule has 0 fully saturated rings. The Balaban J connectivity index is 0.000000606. The van der Waals surface area contributed by atoms with Gasteiger partial charge in [0.25, 0.3) is 0 Å². The van der Waals surface area contributed by atoms with Gasteiger partial charge in [-0.25, -0.2) is 9.97 Å². The Kier molecular flexibility index (Phi) is 5.45. The molecule has 2 aromatic rings. The number of hydrogen-bond acceptors (Lipinski definition) is 5. The zero-order chi connectivity index (χ0) is 11.8. The van der Waals surface area contributed by atoms with Gasteiger partial charge in [-0.3, -0.25) is 0 Å². The molecule has 0 aromatic carbocycles. The first kappa shape index (κ1) is 12.6. The molecule has 0 saturated carbocycles. The van der Waals surface area contributed by atoms with E-state index < -0.39 is 0 Å². The molecule has 0 radical (unpaired) electrons. The number of aliphatic hydroxyl groups excluding tert-OH is 1. The fourth-order valence-corrected chi connectivity index (χ4v) is 1.84. The SMILES string of the molecule is CNc1ccc(Cc2nccs2)cn1.CO. The van der Waals surface area contributed by atoms with Crippen LogP contribution in [0.5, 0.6) is 0 Å². The molecule has 0 atom stereocenters. The van der Waals surface area contributed by atoms with E-state index in [9.17, 15) is 0 Å². The zero-order valence-electron chi connectivity index (χ0n) is 9.34. The third kappa shape index (κ3) is 3.60. The van der Waals surface area contributed by atoms with Crippen LogP contribution in [-0.4, -0.2) is 29.2 Å². The molecule has 86 valence electrons. The van der Waals surface area contributed by atoms with Gasteiger partial charge in [0, 0.05) is 38.4 Å². The van der Waals surface area contributed by atoms with Gasteiger partial charge >= 0.3 is 0 Å². The van der Waals surface area contributed by atoms with Crippen LogP contribution in [0.4, 0.5) is 5.82 Å². The lowest BCUT2D eigenvalue weighted by Gasteiger charge is -2.00. The van der Waals surface area contributed by atoms with Crippen molar-refractivity contribution >= 4 is 17.2 Å². The number of nitrogens with zero attached hydrogens (tertiary/aromatic N) is 2. The van der Waals surface area contributed by atoms with Crippen LogP contribution < -0.4 is 5.32 Å². The Hall–Kier alpha value is -1.46. The second-order valence-corrected chi connectivity index (χ2v) is 3.88. The maximum Gasteiger partial charge on any atom is 0.125 e. The number of anilines is 1. The molecule has 2 rings (SSSR count). The average molecular weight is 237 g/mol. The van der Waals surface area contributed by atoms with Crippen molar-refractivity contribution in [3.05, 3.63) is 40.5 Å². The molecule has 2 heterocycles. The van der Waals surface area contributed by atoms with Crippen LogP contribution in [-0.2, 0) is 6.42 Å². The Bertz CT molecular complexity index is 386. The molecule has 0 unspecified atom stereocenters. The summed E-state index contributed by atoms with van der Waals surface area (Å²) in [6.07, 6.45) is 4.58. The number of thiazole rings is 1. The quantitative estimate of drug-likeness (QED) is 0.854. The van der Waals surface area contributed by atoms with Crippen LogP contribution in [0, 0.1) is 0 Å². The van der Waals surface area contributed by atoms with E-state index in [2.05, 4.69) is 21.4 Å². The van der Waals surface area contributed by atoms with Crippen LogP contribution in [0.3, 0.4) is 0 Å². The van der Waals surface area contributed by atoms with E-state index in [0.717, 1.165) is 24.4 Å². The Morgan fingerprint density at radius 1 is 1.31 bits per heavy atom. The van der Waals surface area contributed by atoms with E-state index in [1.165, 1.54) is 5.56 Å². The summed E-state index contributed by atoms with van der Waals surface area (Å²) in [7, 11) is 2.86. The van der Waals surface area contributed by atoms with E-state index >= 15 is 0 Å². The maximum atomic E-state index is 7.00. The summed E-state index contributed by atoms with van der Waals surface area (Å²) in [6, 6.07) is 4.04. The second-order valence-electron chi connectivity index (χ2n) is 2.90. The molecule has 0 aliphatic rings. The predicted molar refractivity (Wildman–Crippen MR) is 66.8 cm³/mol. The molecule has 5 heteroatoms. The van der Waals surface area contributed by atoms with Crippen molar-refractivity contribution in [2.75, 3.05) is 19.5 Å². The molecule has 0 amide bonds. The van der Waals surface area contributed by atoms with Gasteiger partial charge in [-0.2, -0.15) is 0 Å². The number of aromatic nitrogens is 2. The highest BCUT2D eigenvalue weighted by Crippen LogP contribution is 2.12. The number of rotatable bonds is 3. The van der Waals surface area contributed by atoms with Gasteiger partial charge in [-0.1, -0.05) is 6.07 Å². The van der Waals surface area contributed by atoms with Gasteiger partial charge in [-0.15, -0.1) is 11.3 Å². The summed E-state index contributed by atoms with van der Waals surface area (Å²) in [6.45, 7) is 0. The fraction of sp³-hybridized carbons (Fsp3) is 0.273. The molecule has 0 saturated heterocycles. The van der Waals surface area contributed by atoms with E-state index in [4.69, 9.17) is 5.11 Å². The van der Waals surface area contributed by atoms with Crippen molar-refractivity contribution in [2.24, 2.45) is 0 Å². The van der Waals surface area contributed by atoms with Crippen LogP contribution in [0.1, 0.15) is 10.6 Å². The molecule has 4 nitrogen and oxygen atoms in total. The van der Waals surface area contributed by atoms with Crippen molar-refractivity contribution in [1.29, 1.82) is 0 Å². The third-order valence-electron chi connectivity index (χ3n) is 1.92. The predicted octanol–water partition coefficient (Wildman–Crippen LogP) is 1.78. The zero-order valence-corrected chi connectivity index (χ0v) is 10.2. The van der Waals surface area contributed by atoms with Gasteiger partial charge in [-0.05, 0) is 11.6 Å². The highest BCUT2D eigenvalue weighted by Gasteiger charge is 1.98. The van der Waals surface area contributed by atoms with Crippen molar-refractivity contribution in [1.82, 2.24) is 9.97 Å². The highest BCUT2D eigenvalue weighted by atomic mass is 32.1. The minimum Gasteiger partial charge on any atom is -0.400 e. The lowest BCUT2D eigenvalue weighted by molar-refractivity contribution is 0.399. The van der Waals surface area contributed by atoms with Gasteiger partial charge in [0.05, 0.1) is 5.01 Å². The van der Waals surface area contributed by atoms with E-state index in [1.54, 1.807) is 11.3 Å². The summed E-state index contributed by atoms with van der Waals surface area (Å²) >= 11 is 1.67. The normalized spacial score (nSPS) is 9.19. The second kappa shape index (κ2) is 6.92. The first-order valence-electron chi connectivity index (χ1n) is 4.84. The van der Waals surface area contributed by atoms with Crippen LogP contribution in [0.15, 0.2) is 29.9 Å². The van der Waals surface area contributed by atoms with Crippen LogP contribution in [0.25, 0.3) is 0 Å². The summed E-state index contributed by atoms with van der Waals surface area (Å²) in [5.41, 5.74) is 1.19. The molecular formula is C11H15N3OS. The Morgan fingerprint density at radius 2 is 2.12 bits per heavy atom. The Morgan fingerprint density at radius 3 is 2.62 bits per heavy atom. The molecular weight excluding hydrogens is 222 g/mol. The standard InChI is InChI=1S/C10H11N3S.CH4O/c1-11-9-3-2-8(7-13-9)6-10-12-4-5-14-10;1-2/h2-5,7H,6H2,1H3,(H,11,13);2H,1H3. The lowest BCUT2D eigenvalue weighted by atomic mass is 10.2. The largest absolute Gasteiger partial charge is 0.400 e. The molecule has 2 N–H and O–H groups in total. The minimum absolute atomic E-state index is 0.870. The third-order valence-corrected chi connectivity index (χ3v) is 2.70. The number of aliphatic hydroxyl groups is 1. The first-order chi connectivity index (χ1) is 7.88. The molecule has 0 spiro atoms. The lowest BCUT2D eigenvalue weighted by Crippen LogP contribution is -1.93. The van der Waals surface area contributed by atoms with Crippen molar-refractivity contribution in [3.8, 4) is 0 Å². The van der Waals surface area contributed by atoms with Crippen LogP contribution >= 0.6 is 11.3 Å². The number of nitrogens with one attached hydrogen (secondary N) is 1. The smallest absolute Gasteiger partial charge is 0.125 e. The summed E-state index contributed by atoms with van der Waals surface area (Å²) in [5, 5.41) is 13.1. The maximum absolute atomic E-state index is 7.00. The molecule has 16 heavy (non-hydrogen) atoms. The van der Waals surface area contributed by atoms with E-state index in [1.807, 2.05) is 30.9 Å². The van der Waals surface area contributed by atoms with Crippen molar-refractivity contribution < 1.29 is 5.11 Å². The van der Waals surface area contributed by atoms with Crippen molar-refractivity contribution in [3.63, 3.8) is 0 Å². The van der Waals surface area contributed by atoms with E-state index in [-0.39, 0.29) is 0 Å². The monoisotopic (exact) mass is 237 g/mol. The minimum atomic E-state index is 0.870. The van der Waals surface area contributed by atoms with E-state index in [0.29, 0.717) is 0 Å². The number of pyridine rings is 1. The molecule has 0 bridgehead atoms. The van der Waals surface area contributed by atoms with Crippen molar-refractivity contribution in [2.45, 2.75) is 6.42 Å². The molecule has 0 aliphatic carbocycles. The van der Waals surface area contributed by atoms with Crippen LogP contribution in [0.2, 0.25) is 0 Å². The molecule has 0 aliphatic heterocycles. The topological polar surface area (TPSA) is 58.0 Å². The molecule has 2 aromatic heterocycles. The summed E-state index contributed by atoms with van der Waals surface area (Å²) in [4.78, 5) is 8.47. The summed E-state index contributed by atoms with van der Waals surface area (Å²) in [5.74, 6) is 0.896. The number of hydrogen-bond donors (Lipinski definition) is 2. The summed E-state index contributed by atoms with van der Waals surface area (Å²) < 4.78 is 0. The fourth-order valence-electron chi connectivity index (χ4n) is 1.19.